The molecule has 1 aromatic rings. The standard InChI is InChI=1S/C9H16N3O3S/c1-14-9(13)8-10-6-12(11-8)7-15-4-5-16(2)3/h6H,4-5,7H2,1-3H3/q+1. The van der Waals surface area contributed by atoms with Gasteiger partial charge in [-0.25, -0.2) is 14.5 Å². The highest BCUT2D eigenvalue weighted by atomic mass is 32.2. The van der Waals surface area contributed by atoms with Gasteiger partial charge in [0.2, 0.25) is 0 Å². The van der Waals surface area contributed by atoms with E-state index in [2.05, 4.69) is 27.3 Å². The zero-order valence-corrected chi connectivity index (χ0v) is 10.5. The van der Waals surface area contributed by atoms with Crippen molar-refractivity contribution in [3.05, 3.63) is 12.2 Å². The van der Waals surface area contributed by atoms with Gasteiger partial charge in [0.1, 0.15) is 18.8 Å². The molecule has 6 nitrogen and oxygen atoms in total. The zero-order chi connectivity index (χ0) is 12.0. The second-order valence-electron chi connectivity index (χ2n) is 3.33. The lowest BCUT2D eigenvalue weighted by atomic mass is 10.6. The molecule has 0 aliphatic carbocycles. The lowest BCUT2D eigenvalue weighted by molar-refractivity contribution is 0.0578. The van der Waals surface area contributed by atoms with E-state index in [1.807, 2.05) is 0 Å². The highest BCUT2D eigenvalue weighted by Gasteiger charge is 2.11. The first kappa shape index (κ1) is 13.0. The van der Waals surface area contributed by atoms with Crippen molar-refractivity contribution in [3.63, 3.8) is 0 Å². The average Bonchev–Trinajstić information content (AvgIpc) is 2.71. The Balaban J connectivity index is 2.32. The first-order chi connectivity index (χ1) is 7.63. The van der Waals surface area contributed by atoms with E-state index in [1.54, 1.807) is 0 Å². The SMILES string of the molecule is COC(=O)c1ncn(COCC[S+](C)C)n1. The van der Waals surface area contributed by atoms with Gasteiger partial charge in [0.25, 0.3) is 5.82 Å². The van der Waals surface area contributed by atoms with Crippen LogP contribution in [0, 0.1) is 0 Å². The number of hydrogen-bond acceptors (Lipinski definition) is 5. The first-order valence-electron chi connectivity index (χ1n) is 4.73. The fourth-order valence-corrected chi connectivity index (χ4v) is 1.38. The molecule has 0 aliphatic rings. The molecule has 0 aliphatic heterocycles. The van der Waals surface area contributed by atoms with Gasteiger partial charge >= 0.3 is 5.97 Å². The number of ether oxygens (including phenoxy) is 2. The molecule has 0 N–H and O–H groups in total. The lowest BCUT2D eigenvalue weighted by Gasteiger charge is -2.01. The predicted molar refractivity (Wildman–Crippen MR) is 61.4 cm³/mol. The van der Waals surface area contributed by atoms with Crippen LogP contribution in [0.15, 0.2) is 6.33 Å². The Kier molecular flexibility index (Phi) is 5.27. The van der Waals surface area contributed by atoms with Crippen molar-refractivity contribution >= 4 is 16.9 Å². The summed E-state index contributed by atoms with van der Waals surface area (Å²) in [5, 5.41) is 3.91. The molecule has 0 spiro atoms. The maximum Gasteiger partial charge on any atom is 0.377 e. The topological polar surface area (TPSA) is 66.2 Å². The van der Waals surface area contributed by atoms with Crippen LogP contribution in [0.4, 0.5) is 0 Å². The summed E-state index contributed by atoms with van der Waals surface area (Å²) in [5.74, 6) is 0.540. The van der Waals surface area contributed by atoms with Crippen LogP contribution in [0.5, 0.6) is 0 Å². The Morgan fingerprint density at radius 2 is 2.31 bits per heavy atom. The molecular formula is C9H16N3O3S+. The largest absolute Gasteiger partial charge is 0.463 e. The Morgan fingerprint density at radius 1 is 1.56 bits per heavy atom. The van der Waals surface area contributed by atoms with Gasteiger partial charge in [-0.3, -0.25) is 0 Å². The molecular weight excluding hydrogens is 230 g/mol. The van der Waals surface area contributed by atoms with E-state index in [9.17, 15) is 4.79 Å². The van der Waals surface area contributed by atoms with Gasteiger partial charge in [0.15, 0.2) is 0 Å². The fourth-order valence-electron chi connectivity index (χ4n) is 0.925. The Morgan fingerprint density at radius 3 is 2.94 bits per heavy atom. The first-order valence-corrected chi connectivity index (χ1v) is 6.94. The van der Waals surface area contributed by atoms with E-state index in [-0.39, 0.29) is 5.82 Å². The van der Waals surface area contributed by atoms with E-state index in [4.69, 9.17) is 4.74 Å². The molecule has 0 amide bonds. The van der Waals surface area contributed by atoms with Gasteiger partial charge in [0, 0.05) is 0 Å². The summed E-state index contributed by atoms with van der Waals surface area (Å²) in [5.41, 5.74) is 0. The molecule has 0 unspecified atom stereocenters. The van der Waals surface area contributed by atoms with Gasteiger partial charge in [-0.2, -0.15) is 0 Å². The minimum Gasteiger partial charge on any atom is -0.463 e. The van der Waals surface area contributed by atoms with Gasteiger partial charge in [-0.05, 0) is 10.9 Å². The molecule has 0 radical (unpaired) electrons. The van der Waals surface area contributed by atoms with Crippen LogP contribution < -0.4 is 0 Å². The van der Waals surface area contributed by atoms with Gasteiger partial charge < -0.3 is 9.47 Å². The molecule has 1 heterocycles. The van der Waals surface area contributed by atoms with E-state index in [0.717, 1.165) is 5.75 Å². The highest BCUT2D eigenvalue weighted by Crippen LogP contribution is 1.93. The number of methoxy groups -OCH3 is 1. The van der Waals surface area contributed by atoms with Crippen LogP contribution >= 0.6 is 0 Å². The highest BCUT2D eigenvalue weighted by molar-refractivity contribution is 7.95. The van der Waals surface area contributed by atoms with Crippen molar-refractivity contribution in [1.29, 1.82) is 0 Å². The summed E-state index contributed by atoms with van der Waals surface area (Å²) in [6.45, 7) is 0.991. The summed E-state index contributed by atoms with van der Waals surface area (Å²) in [4.78, 5) is 14.8. The van der Waals surface area contributed by atoms with E-state index in [0.29, 0.717) is 24.2 Å². The molecule has 0 aromatic carbocycles. The van der Waals surface area contributed by atoms with Gasteiger partial charge in [-0.1, -0.05) is 0 Å². The quantitative estimate of drug-likeness (QED) is 0.399. The van der Waals surface area contributed by atoms with Crippen LogP contribution in [0.2, 0.25) is 0 Å². The van der Waals surface area contributed by atoms with Crippen molar-refractivity contribution in [2.75, 3.05) is 32.0 Å². The maximum atomic E-state index is 11.0. The van der Waals surface area contributed by atoms with Crippen LogP contribution in [0.1, 0.15) is 10.6 Å². The molecule has 1 aromatic heterocycles. The minimum atomic E-state index is -0.539. The summed E-state index contributed by atoms with van der Waals surface area (Å²) >= 11 is 0. The normalized spacial score (nSPS) is 10.8. The molecule has 90 valence electrons. The predicted octanol–water partition coefficient (Wildman–Crippen LogP) is -0.0833. The van der Waals surface area contributed by atoms with Crippen LogP contribution in [0.3, 0.4) is 0 Å². The van der Waals surface area contributed by atoms with Crippen molar-refractivity contribution in [2.45, 2.75) is 6.73 Å². The second-order valence-corrected chi connectivity index (χ2v) is 5.71. The maximum absolute atomic E-state index is 11.0. The third kappa shape index (κ3) is 4.19. The van der Waals surface area contributed by atoms with Crippen LogP contribution in [-0.4, -0.2) is 52.7 Å². The van der Waals surface area contributed by atoms with Gasteiger partial charge in [-0.15, -0.1) is 5.10 Å². The number of aromatic nitrogens is 3. The minimum absolute atomic E-state index is 0.0526. The summed E-state index contributed by atoms with van der Waals surface area (Å²) in [6, 6.07) is 0. The fraction of sp³-hybridized carbons (Fsp3) is 0.667. The molecule has 7 heteroatoms. The van der Waals surface area contributed by atoms with Crippen molar-refractivity contribution in [3.8, 4) is 0 Å². The Hall–Kier alpha value is -1.08. The third-order valence-electron chi connectivity index (χ3n) is 1.76. The molecule has 1 rings (SSSR count). The number of hydrogen-bond donors (Lipinski definition) is 0. The van der Waals surface area contributed by atoms with Crippen LogP contribution in [0.25, 0.3) is 0 Å². The number of nitrogens with zero attached hydrogens (tertiary/aromatic N) is 3. The summed E-state index contributed by atoms with van der Waals surface area (Å²) in [7, 11) is 1.67. The Labute approximate surface area is 97.3 Å². The lowest BCUT2D eigenvalue weighted by Crippen LogP contribution is -2.12. The zero-order valence-electron chi connectivity index (χ0n) is 9.67. The number of rotatable bonds is 6. The molecule has 0 saturated carbocycles. The molecule has 0 bridgehead atoms. The van der Waals surface area contributed by atoms with Crippen molar-refractivity contribution < 1.29 is 14.3 Å². The monoisotopic (exact) mass is 246 g/mol. The second kappa shape index (κ2) is 6.49. The van der Waals surface area contributed by atoms with Crippen molar-refractivity contribution in [2.24, 2.45) is 0 Å². The smallest absolute Gasteiger partial charge is 0.377 e. The number of carbonyl (C=O) groups excluding carboxylic acids is 1. The van der Waals surface area contributed by atoms with Gasteiger partial charge in [0.05, 0.1) is 26.2 Å². The van der Waals surface area contributed by atoms with E-state index < -0.39 is 5.97 Å². The Bertz CT molecular complexity index is 340. The average molecular weight is 246 g/mol. The van der Waals surface area contributed by atoms with E-state index in [1.165, 1.54) is 18.1 Å². The number of esters is 1. The third-order valence-corrected chi connectivity index (χ3v) is 2.75. The van der Waals surface area contributed by atoms with E-state index >= 15 is 0 Å². The molecule has 0 atom stereocenters. The van der Waals surface area contributed by atoms with Crippen LogP contribution in [-0.2, 0) is 27.1 Å². The molecule has 0 fully saturated rings. The summed E-state index contributed by atoms with van der Waals surface area (Å²) in [6.07, 6.45) is 5.77. The molecule has 16 heavy (non-hydrogen) atoms. The number of carbonyl (C=O) groups is 1. The van der Waals surface area contributed by atoms with Crippen molar-refractivity contribution in [1.82, 2.24) is 14.8 Å². The summed E-state index contributed by atoms with van der Waals surface area (Å²) < 4.78 is 11.3. The molecule has 0 saturated heterocycles.